The first-order valence-corrected chi connectivity index (χ1v) is 4.44. The van der Waals surface area contributed by atoms with Gasteiger partial charge in [-0.05, 0) is 31.4 Å². The van der Waals surface area contributed by atoms with Crippen molar-refractivity contribution in [3.8, 4) is 5.88 Å². The van der Waals surface area contributed by atoms with Crippen LogP contribution < -0.4 is 4.74 Å². The lowest BCUT2D eigenvalue weighted by molar-refractivity contribution is 0.392. The molecule has 0 unspecified atom stereocenters. The molecular weight excluding hydrogens is 162 g/mol. The Balaban J connectivity index is 2.68. The van der Waals surface area contributed by atoms with Crippen LogP contribution in [-0.4, -0.2) is 12.1 Å². The molecule has 0 aromatic carbocycles. The monoisotopic (exact) mass is 175 g/mol. The van der Waals surface area contributed by atoms with Crippen LogP contribution in [0.1, 0.15) is 22.4 Å². The van der Waals surface area contributed by atoms with Gasteiger partial charge in [0.25, 0.3) is 0 Å². The average molecular weight is 175 g/mol. The summed E-state index contributed by atoms with van der Waals surface area (Å²) in [6.45, 7) is 4.13. The molecule has 13 heavy (non-hydrogen) atoms. The van der Waals surface area contributed by atoms with E-state index in [2.05, 4.69) is 24.1 Å². The third kappa shape index (κ3) is 1.13. The summed E-state index contributed by atoms with van der Waals surface area (Å²) in [7, 11) is 1.68. The van der Waals surface area contributed by atoms with Gasteiger partial charge in [0.05, 0.1) is 7.11 Å². The van der Waals surface area contributed by atoms with Gasteiger partial charge in [-0.25, -0.2) is 4.98 Å². The Morgan fingerprint density at radius 2 is 2.15 bits per heavy atom. The zero-order valence-electron chi connectivity index (χ0n) is 8.22. The molecule has 0 fully saturated rings. The Kier molecular flexibility index (Phi) is 1.83. The largest absolute Gasteiger partial charge is 0.481 e. The molecule has 1 aliphatic rings. The third-order valence-corrected chi connectivity index (χ3v) is 2.60. The summed E-state index contributed by atoms with van der Waals surface area (Å²) in [5.74, 6) is 0.781. The number of hydrogen-bond acceptors (Lipinski definition) is 2. The molecule has 1 aromatic rings. The zero-order valence-corrected chi connectivity index (χ0v) is 8.22. The minimum absolute atomic E-state index is 0.781. The molecule has 0 saturated heterocycles. The molecule has 2 heteroatoms. The Hall–Kier alpha value is -1.31. The van der Waals surface area contributed by atoms with Crippen LogP contribution in [0.3, 0.4) is 0 Å². The van der Waals surface area contributed by atoms with E-state index in [1.807, 2.05) is 6.92 Å². The van der Waals surface area contributed by atoms with Gasteiger partial charge in [-0.3, -0.25) is 0 Å². The van der Waals surface area contributed by atoms with Crippen molar-refractivity contribution in [1.82, 2.24) is 4.98 Å². The van der Waals surface area contributed by atoms with E-state index in [-0.39, 0.29) is 0 Å². The molecule has 0 atom stereocenters. The summed E-state index contributed by atoms with van der Waals surface area (Å²) >= 11 is 0. The highest BCUT2D eigenvalue weighted by molar-refractivity contribution is 5.66. The Labute approximate surface area is 78.3 Å². The van der Waals surface area contributed by atoms with E-state index >= 15 is 0 Å². The van der Waals surface area contributed by atoms with Gasteiger partial charge in [0.15, 0.2) is 0 Å². The molecule has 2 nitrogen and oxygen atoms in total. The second-order valence-corrected chi connectivity index (χ2v) is 3.33. The summed E-state index contributed by atoms with van der Waals surface area (Å²) in [6, 6.07) is 0. The highest BCUT2D eigenvalue weighted by Gasteiger charge is 2.16. The van der Waals surface area contributed by atoms with E-state index in [0.717, 1.165) is 18.0 Å². The molecule has 68 valence electrons. The fraction of sp³-hybridized carbons (Fsp3) is 0.364. The number of rotatable bonds is 1. The van der Waals surface area contributed by atoms with E-state index < -0.39 is 0 Å². The van der Waals surface area contributed by atoms with Crippen LogP contribution in [0.4, 0.5) is 0 Å². The van der Waals surface area contributed by atoms with Crippen molar-refractivity contribution in [3.63, 3.8) is 0 Å². The molecule has 0 aliphatic heterocycles. The van der Waals surface area contributed by atoms with Crippen molar-refractivity contribution in [1.29, 1.82) is 0 Å². The summed E-state index contributed by atoms with van der Waals surface area (Å²) in [4.78, 5) is 4.40. The van der Waals surface area contributed by atoms with Crippen molar-refractivity contribution in [2.24, 2.45) is 0 Å². The number of hydrogen-bond donors (Lipinski definition) is 0. The lowest BCUT2D eigenvalue weighted by Gasteiger charge is -2.10. The second-order valence-electron chi connectivity index (χ2n) is 3.33. The predicted octanol–water partition coefficient (Wildman–Crippen LogP) is 2.28. The van der Waals surface area contributed by atoms with E-state index in [4.69, 9.17) is 4.74 Å². The molecule has 0 amide bonds. The van der Waals surface area contributed by atoms with E-state index in [1.165, 1.54) is 16.7 Å². The first kappa shape index (κ1) is 8.30. The number of ether oxygens (including phenoxy) is 1. The number of methoxy groups -OCH3 is 1. The highest BCUT2D eigenvalue weighted by atomic mass is 16.5. The quantitative estimate of drug-likeness (QED) is 0.653. The van der Waals surface area contributed by atoms with Crippen LogP contribution in [0.5, 0.6) is 5.88 Å². The Morgan fingerprint density at radius 3 is 2.85 bits per heavy atom. The van der Waals surface area contributed by atoms with Gasteiger partial charge >= 0.3 is 0 Å². The number of aryl methyl sites for hydroxylation is 1. The van der Waals surface area contributed by atoms with Crippen molar-refractivity contribution in [2.45, 2.75) is 20.3 Å². The fourth-order valence-electron chi connectivity index (χ4n) is 1.73. The SMILES string of the molecule is COc1nc(C)c(C)c2c1CC=C2. The third-order valence-electron chi connectivity index (χ3n) is 2.60. The molecule has 0 spiro atoms. The van der Waals surface area contributed by atoms with Gasteiger partial charge in [0, 0.05) is 11.3 Å². The molecule has 1 aromatic heterocycles. The van der Waals surface area contributed by atoms with Crippen LogP contribution in [0.25, 0.3) is 6.08 Å². The average Bonchev–Trinajstić information content (AvgIpc) is 2.60. The lowest BCUT2D eigenvalue weighted by Crippen LogP contribution is -2.00. The molecular formula is C11H13NO. The van der Waals surface area contributed by atoms with Crippen molar-refractivity contribution >= 4 is 6.08 Å². The fourth-order valence-corrected chi connectivity index (χ4v) is 1.73. The van der Waals surface area contributed by atoms with Gasteiger partial charge in [0.1, 0.15) is 0 Å². The maximum absolute atomic E-state index is 5.24. The summed E-state index contributed by atoms with van der Waals surface area (Å²) in [5, 5.41) is 0. The Bertz CT molecular complexity index is 380. The number of aromatic nitrogens is 1. The number of pyridine rings is 1. The molecule has 0 radical (unpaired) electrons. The van der Waals surface area contributed by atoms with Crippen LogP contribution >= 0.6 is 0 Å². The maximum Gasteiger partial charge on any atom is 0.217 e. The maximum atomic E-state index is 5.24. The van der Waals surface area contributed by atoms with Crippen molar-refractivity contribution in [3.05, 3.63) is 28.5 Å². The first-order chi connectivity index (χ1) is 6.24. The van der Waals surface area contributed by atoms with E-state index in [1.54, 1.807) is 7.11 Å². The molecule has 0 saturated carbocycles. The van der Waals surface area contributed by atoms with Gasteiger partial charge < -0.3 is 4.74 Å². The van der Waals surface area contributed by atoms with Crippen LogP contribution in [0.2, 0.25) is 0 Å². The molecule has 2 rings (SSSR count). The summed E-state index contributed by atoms with van der Waals surface area (Å²) in [6.07, 6.45) is 5.26. The number of nitrogens with zero attached hydrogens (tertiary/aromatic N) is 1. The normalized spacial score (nSPS) is 13.2. The first-order valence-electron chi connectivity index (χ1n) is 4.44. The molecule has 1 heterocycles. The van der Waals surface area contributed by atoms with Gasteiger partial charge in [-0.1, -0.05) is 12.2 Å². The lowest BCUT2D eigenvalue weighted by atomic mass is 10.1. The molecule has 0 bridgehead atoms. The number of fused-ring (bicyclic) bond motifs is 1. The van der Waals surface area contributed by atoms with Crippen molar-refractivity contribution in [2.75, 3.05) is 7.11 Å². The Morgan fingerprint density at radius 1 is 1.38 bits per heavy atom. The minimum Gasteiger partial charge on any atom is -0.481 e. The number of allylic oxidation sites excluding steroid dienone is 1. The van der Waals surface area contributed by atoms with Crippen LogP contribution in [0, 0.1) is 13.8 Å². The summed E-state index contributed by atoms with van der Waals surface area (Å²) in [5.41, 5.74) is 4.85. The van der Waals surface area contributed by atoms with Gasteiger partial charge in [-0.15, -0.1) is 0 Å². The predicted molar refractivity (Wildman–Crippen MR) is 53.0 cm³/mol. The topological polar surface area (TPSA) is 22.1 Å². The zero-order chi connectivity index (χ0) is 9.42. The van der Waals surface area contributed by atoms with Crippen molar-refractivity contribution < 1.29 is 4.74 Å². The van der Waals surface area contributed by atoms with E-state index in [0.29, 0.717) is 0 Å². The van der Waals surface area contributed by atoms with Crippen LogP contribution in [-0.2, 0) is 6.42 Å². The smallest absolute Gasteiger partial charge is 0.217 e. The van der Waals surface area contributed by atoms with Gasteiger partial charge in [0.2, 0.25) is 5.88 Å². The molecule has 0 N–H and O–H groups in total. The minimum atomic E-state index is 0.781. The standard InChI is InChI=1S/C11H13NO/c1-7-8(2)12-11(13-3)10-6-4-5-9(7)10/h4-5H,6H2,1-3H3. The van der Waals surface area contributed by atoms with Crippen LogP contribution in [0.15, 0.2) is 6.08 Å². The molecule has 1 aliphatic carbocycles. The summed E-state index contributed by atoms with van der Waals surface area (Å²) < 4.78 is 5.24. The van der Waals surface area contributed by atoms with E-state index in [9.17, 15) is 0 Å². The second kappa shape index (κ2) is 2.87. The highest BCUT2D eigenvalue weighted by Crippen LogP contribution is 2.30. The van der Waals surface area contributed by atoms with Gasteiger partial charge in [-0.2, -0.15) is 0 Å².